The van der Waals surface area contributed by atoms with Crippen molar-refractivity contribution in [3.63, 3.8) is 0 Å². The van der Waals surface area contributed by atoms with Gasteiger partial charge in [0.15, 0.2) is 0 Å². The van der Waals surface area contributed by atoms with Gasteiger partial charge in [0.2, 0.25) is 0 Å². The summed E-state index contributed by atoms with van der Waals surface area (Å²) >= 11 is 0. The van der Waals surface area contributed by atoms with Gasteiger partial charge in [-0.25, -0.2) is 9.78 Å². The Hall–Kier alpha value is -2.90. The maximum atomic E-state index is 11.9. The van der Waals surface area contributed by atoms with E-state index >= 15 is 0 Å². The molecular weight excluding hydrogens is 368 g/mol. The second kappa shape index (κ2) is 8.63. The number of fused-ring (bicyclic) bond motifs is 1. The summed E-state index contributed by atoms with van der Waals surface area (Å²) in [6.45, 7) is 5.90. The van der Waals surface area contributed by atoms with Crippen molar-refractivity contribution in [1.82, 2.24) is 14.5 Å². The van der Waals surface area contributed by atoms with Crippen LogP contribution in [-0.2, 0) is 9.47 Å². The Morgan fingerprint density at radius 3 is 2.41 bits per heavy atom. The summed E-state index contributed by atoms with van der Waals surface area (Å²) in [6.07, 6.45) is 1.79. The zero-order valence-corrected chi connectivity index (χ0v) is 16.9. The number of hydrogen-bond acceptors (Lipinski definition) is 6. The minimum absolute atomic E-state index is 0.348. The number of esters is 1. The second-order valence-electron chi connectivity index (χ2n) is 7.15. The second-order valence-corrected chi connectivity index (χ2v) is 7.15. The Morgan fingerprint density at radius 2 is 1.72 bits per heavy atom. The van der Waals surface area contributed by atoms with Crippen LogP contribution in [0.25, 0.3) is 16.7 Å². The molecule has 1 aliphatic rings. The number of piperazine rings is 1. The topological polar surface area (TPSA) is 59.8 Å². The molecule has 1 aliphatic heterocycles. The van der Waals surface area contributed by atoms with Crippen LogP contribution in [0.5, 0.6) is 0 Å². The first kappa shape index (κ1) is 19.4. The largest absolute Gasteiger partial charge is 0.465 e. The fourth-order valence-electron chi connectivity index (χ4n) is 3.73. The van der Waals surface area contributed by atoms with Gasteiger partial charge in [0.25, 0.3) is 0 Å². The Labute approximate surface area is 170 Å². The number of benzene rings is 2. The lowest BCUT2D eigenvalue weighted by atomic mass is 10.2. The molecule has 0 atom stereocenters. The molecule has 2 heterocycles. The van der Waals surface area contributed by atoms with Crippen LogP contribution in [-0.4, -0.2) is 74.0 Å². The average molecular weight is 394 g/mol. The predicted molar refractivity (Wildman–Crippen MR) is 113 cm³/mol. The quantitative estimate of drug-likeness (QED) is 0.599. The number of hydrogen-bond donors (Lipinski definition) is 0. The van der Waals surface area contributed by atoms with Gasteiger partial charge in [-0.3, -0.25) is 9.47 Å². The highest BCUT2D eigenvalue weighted by molar-refractivity contribution is 5.94. The number of rotatable bonds is 6. The van der Waals surface area contributed by atoms with Crippen LogP contribution in [0.4, 0.5) is 5.69 Å². The Balaban J connectivity index is 1.50. The molecule has 7 heteroatoms. The maximum Gasteiger partial charge on any atom is 0.337 e. The monoisotopic (exact) mass is 394 g/mol. The molecule has 0 spiro atoms. The van der Waals surface area contributed by atoms with Crippen LogP contribution >= 0.6 is 0 Å². The van der Waals surface area contributed by atoms with E-state index in [0.717, 1.165) is 56.1 Å². The molecule has 4 rings (SSSR count). The summed E-state index contributed by atoms with van der Waals surface area (Å²) in [5.41, 5.74) is 4.47. The minimum Gasteiger partial charge on any atom is -0.465 e. The lowest BCUT2D eigenvalue weighted by Crippen LogP contribution is -2.47. The minimum atomic E-state index is -0.348. The first-order valence-electron chi connectivity index (χ1n) is 9.81. The highest BCUT2D eigenvalue weighted by Crippen LogP contribution is 2.23. The van der Waals surface area contributed by atoms with E-state index in [1.165, 1.54) is 12.8 Å². The summed E-state index contributed by atoms with van der Waals surface area (Å²) in [4.78, 5) is 21.2. The van der Waals surface area contributed by atoms with E-state index in [4.69, 9.17) is 9.47 Å². The fourth-order valence-corrected chi connectivity index (χ4v) is 3.73. The van der Waals surface area contributed by atoms with E-state index in [1.54, 1.807) is 19.5 Å². The van der Waals surface area contributed by atoms with Crippen molar-refractivity contribution in [2.24, 2.45) is 0 Å². The van der Waals surface area contributed by atoms with Crippen molar-refractivity contribution >= 4 is 22.7 Å². The first-order valence-corrected chi connectivity index (χ1v) is 9.81. The van der Waals surface area contributed by atoms with Gasteiger partial charge >= 0.3 is 5.97 Å². The number of imidazole rings is 1. The molecule has 0 unspecified atom stereocenters. The van der Waals surface area contributed by atoms with Gasteiger partial charge in [-0.1, -0.05) is 0 Å². The van der Waals surface area contributed by atoms with E-state index < -0.39 is 0 Å². The molecule has 1 aromatic heterocycles. The van der Waals surface area contributed by atoms with Crippen molar-refractivity contribution < 1.29 is 14.3 Å². The standard InChI is InChI=1S/C22H26N4O3/c1-28-14-13-24-9-11-25(12-10-24)18-4-6-19(7-5-18)26-16-23-20-8-3-17(15-21(20)26)22(27)29-2/h3-8,15-16H,9-14H2,1-2H3. The van der Waals surface area contributed by atoms with Crippen LogP contribution < -0.4 is 4.90 Å². The van der Waals surface area contributed by atoms with Gasteiger partial charge in [0.05, 0.1) is 30.3 Å². The van der Waals surface area contributed by atoms with Crippen molar-refractivity contribution in [3.05, 3.63) is 54.4 Å². The lowest BCUT2D eigenvalue weighted by Gasteiger charge is -2.36. The zero-order valence-electron chi connectivity index (χ0n) is 16.9. The molecule has 0 radical (unpaired) electrons. The van der Waals surface area contributed by atoms with Gasteiger partial charge in [0, 0.05) is 51.2 Å². The van der Waals surface area contributed by atoms with Crippen LogP contribution in [0, 0.1) is 0 Å². The molecule has 0 saturated carbocycles. The van der Waals surface area contributed by atoms with Crippen molar-refractivity contribution in [1.29, 1.82) is 0 Å². The molecule has 2 aromatic carbocycles. The molecule has 0 amide bonds. The van der Waals surface area contributed by atoms with Gasteiger partial charge < -0.3 is 14.4 Å². The van der Waals surface area contributed by atoms with E-state index in [-0.39, 0.29) is 5.97 Å². The molecule has 29 heavy (non-hydrogen) atoms. The third kappa shape index (κ3) is 4.11. The Bertz CT molecular complexity index is 975. The van der Waals surface area contributed by atoms with Gasteiger partial charge in [0.1, 0.15) is 6.33 Å². The molecular formula is C22H26N4O3. The summed E-state index contributed by atoms with van der Waals surface area (Å²) in [5.74, 6) is -0.348. The number of anilines is 1. The molecule has 0 bridgehead atoms. The van der Waals surface area contributed by atoms with Gasteiger partial charge in [-0.05, 0) is 42.5 Å². The van der Waals surface area contributed by atoms with E-state index in [2.05, 4.69) is 39.0 Å². The van der Waals surface area contributed by atoms with E-state index in [9.17, 15) is 4.79 Å². The summed E-state index contributed by atoms with van der Waals surface area (Å²) in [5, 5.41) is 0. The van der Waals surface area contributed by atoms with E-state index in [0.29, 0.717) is 5.56 Å². The third-order valence-corrected chi connectivity index (χ3v) is 5.45. The summed E-state index contributed by atoms with van der Waals surface area (Å²) < 4.78 is 12.0. The fraction of sp³-hybridized carbons (Fsp3) is 0.364. The van der Waals surface area contributed by atoms with Crippen molar-refractivity contribution in [3.8, 4) is 5.69 Å². The average Bonchev–Trinajstić information content (AvgIpc) is 3.21. The SMILES string of the molecule is COCCN1CCN(c2ccc(-n3cnc4ccc(C(=O)OC)cc43)cc2)CC1. The number of aromatic nitrogens is 2. The maximum absolute atomic E-state index is 11.9. The van der Waals surface area contributed by atoms with Crippen molar-refractivity contribution in [2.75, 3.05) is 58.5 Å². The van der Waals surface area contributed by atoms with Gasteiger partial charge in [-0.2, -0.15) is 0 Å². The smallest absolute Gasteiger partial charge is 0.337 e. The predicted octanol–water partition coefficient (Wildman–Crippen LogP) is 2.58. The Morgan fingerprint density at radius 1 is 1.00 bits per heavy atom. The van der Waals surface area contributed by atoms with Crippen LogP contribution in [0.2, 0.25) is 0 Å². The van der Waals surface area contributed by atoms with Crippen LogP contribution in [0.3, 0.4) is 0 Å². The van der Waals surface area contributed by atoms with Gasteiger partial charge in [-0.15, -0.1) is 0 Å². The molecule has 0 N–H and O–H groups in total. The summed E-state index contributed by atoms with van der Waals surface area (Å²) in [7, 11) is 3.14. The van der Waals surface area contributed by atoms with Crippen LogP contribution in [0.15, 0.2) is 48.8 Å². The number of ether oxygens (including phenoxy) is 2. The molecule has 3 aromatic rings. The highest BCUT2D eigenvalue weighted by atomic mass is 16.5. The number of carbonyl (C=O) groups excluding carboxylic acids is 1. The molecule has 7 nitrogen and oxygen atoms in total. The normalized spacial score (nSPS) is 15.0. The summed E-state index contributed by atoms with van der Waals surface area (Å²) in [6, 6.07) is 13.9. The zero-order chi connectivity index (χ0) is 20.2. The number of methoxy groups -OCH3 is 2. The molecule has 1 saturated heterocycles. The van der Waals surface area contributed by atoms with Crippen LogP contribution in [0.1, 0.15) is 10.4 Å². The lowest BCUT2D eigenvalue weighted by molar-refractivity contribution is 0.0601. The third-order valence-electron chi connectivity index (χ3n) is 5.45. The molecule has 1 fully saturated rings. The van der Waals surface area contributed by atoms with Crippen molar-refractivity contribution in [2.45, 2.75) is 0 Å². The molecule has 0 aliphatic carbocycles. The first-order chi connectivity index (χ1) is 14.2. The van der Waals surface area contributed by atoms with E-state index in [1.807, 2.05) is 16.7 Å². The Kier molecular flexibility index (Phi) is 5.78. The molecule has 152 valence electrons. The highest BCUT2D eigenvalue weighted by Gasteiger charge is 2.17. The number of nitrogens with zero attached hydrogens (tertiary/aromatic N) is 4. The number of carbonyl (C=O) groups is 1.